The fraction of sp³-hybridized carbons (Fsp3) is 0.500. The molecule has 8 heteroatoms. The van der Waals surface area contributed by atoms with E-state index in [9.17, 15) is 14.9 Å². The predicted molar refractivity (Wildman–Crippen MR) is 71.9 cm³/mol. The van der Waals surface area contributed by atoms with Crippen molar-refractivity contribution in [1.82, 2.24) is 9.88 Å². The summed E-state index contributed by atoms with van der Waals surface area (Å²) in [4.78, 5) is 29.1. The number of rotatable bonds is 4. The third kappa shape index (κ3) is 3.21. The fourth-order valence-electron chi connectivity index (χ4n) is 2.24. The van der Waals surface area contributed by atoms with Crippen LogP contribution in [-0.2, 0) is 4.79 Å². The maximum absolute atomic E-state index is 10.7. The number of anilines is 1. The molecule has 1 saturated heterocycles. The molecule has 20 heavy (non-hydrogen) atoms. The zero-order chi connectivity index (χ0) is 14.7. The molecule has 0 radical (unpaired) electrons. The predicted octanol–water partition coefficient (Wildman–Crippen LogP) is 0.505. The number of aryl methyl sites for hydroxylation is 1. The molecular formula is C12H16N4O4. The van der Waals surface area contributed by atoms with E-state index in [2.05, 4.69) is 4.98 Å². The lowest BCUT2D eigenvalue weighted by atomic mass is 10.2. The Morgan fingerprint density at radius 2 is 2.05 bits per heavy atom. The average Bonchev–Trinajstić information content (AvgIpc) is 2.38. The summed E-state index contributed by atoms with van der Waals surface area (Å²) in [6, 6.07) is 3.10. The second-order valence-corrected chi connectivity index (χ2v) is 4.69. The minimum atomic E-state index is -0.831. The van der Waals surface area contributed by atoms with Gasteiger partial charge in [-0.2, -0.15) is 0 Å². The van der Waals surface area contributed by atoms with Gasteiger partial charge in [-0.05, 0) is 13.0 Å². The SMILES string of the molecule is Cc1nc(N2CCN(CC(=O)O)CC2)ccc1[N+](=O)[O-]. The van der Waals surface area contributed by atoms with Crippen LogP contribution in [0.3, 0.4) is 0 Å². The highest BCUT2D eigenvalue weighted by Gasteiger charge is 2.21. The number of nitro groups is 1. The smallest absolute Gasteiger partial charge is 0.317 e. The van der Waals surface area contributed by atoms with Gasteiger partial charge in [-0.1, -0.05) is 0 Å². The topological polar surface area (TPSA) is 99.8 Å². The first kappa shape index (κ1) is 14.2. The third-order valence-corrected chi connectivity index (χ3v) is 3.30. The van der Waals surface area contributed by atoms with Crippen molar-refractivity contribution in [3.63, 3.8) is 0 Å². The maximum atomic E-state index is 10.7. The summed E-state index contributed by atoms with van der Waals surface area (Å²) in [5.74, 6) is -0.133. The number of pyridine rings is 1. The summed E-state index contributed by atoms with van der Waals surface area (Å²) in [5.41, 5.74) is 0.402. The molecule has 0 aliphatic carbocycles. The minimum absolute atomic E-state index is 0.0123. The van der Waals surface area contributed by atoms with Crippen LogP contribution in [0.15, 0.2) is 12.1 Å². The second kappa shape index (κ2) is 5.83. The Bertz CT molecular complexity index is 526. The molecule has 0 unspecified atom stereocenters. The number of hydrogen-bond donors (Lipinski definition) is 1. The van der Waals surface area contributed by atoms with Crippen LogP contribution < -0.4 is 4.90 Å². The highest BCUT2D eigenvalue weighted by molar-refractivity contribution is 5.69. The Labute approximate surface area is 115 Å². The van der Waals surface area contributed by atoms with Crippen LogP contribution in [0.5, 0.6) is 0 Å². The van der Waals surface area contributed by atoms with E-state index in [1.54, 1.807) is 13.0 Å². The normalized spacial score (nSPS) is 16.1. The molecule has 0 saturated carbocycles. The first-order valence-electron chi connectivity index (χ1n) is 6.28. The van der Waals surface area contributed by atoms with Gasteiger partial charge in [0.05, 0.1) is 11.5 Å². The van der Waals surface area contributed by atoms with Crippen molar-refractivity contribution >= 4 is 17.5 Å². The summed E-state index contributed by atoms with van der Waals surface area (Å²) in [7, 11) is 0. The summed E-state index contributed by atoms with van der Waals surface area (Å²) in [6.45, 7) is 4.27. The second-order valence-electron chi connectivity index (χ2n) is 4.69. The van der Waals surface area contributed by atoms with Gasteiger partial charge >= 0.3 is 5.97 Å². The van der Waals surface area contributed by atoms with Crippen molar-refractivity contribution in [1.29, 1.82) is 0 Å². The number of carbonyl (C=O) groups is 1. The monoisotopic (exact) mass is 280 g/mol. The molecule has 0 amide bonds. The van der Waals surface area contributed by atoms with Crippen LogP contribution in [0.4, 0.5) is 11.5 Å². The van der Waals surface area contributed by atoms with Crippen molar-refractivity contribution in [2.45, 2.75) is 6.92 Å². The number of hydrogen-bond acceptors (Lipinski definition) is 6. The molecule has 8 nitrogen and oxygen atoms in total. The van der Waals surface area contributed by atoms with Gasteiger partial charge < -0.3 is 10.0 Å². The maximum Gasteiger partial charge on any atom is 0.317 e. The largest absolute Gasteiger partial charge is 0.480 e. The minimum Gasteiger partial charge on any atom is -0.480 e. The number of piperazine rings is 1. The quantitative estimate of drug-likeness (QED) is 0.633. The molecule has 1 fully saturated rings. The van der Waals surface area contributed by atoms with Crippen LogP contribution in [-0.4, -0.2) is 58.6 Å². The first-order chi connectivity index (χ1) is 9.47. The van der Waals surface area contributed by atoms with Crippen LogP contribution in [0.1, 0.15) is 5.69 Å². The molecule has 2 heterocycles. The van der Waals surface area contributed by atoms with Crippen molar-refractivity contribution in [3.05, 3.63) is 27.9 Å². The molecule has 0 spiro atoms. The first-order valence-corrected chi connectivity index (χ1v) is 6.28. The molecule has 1 aliphatic rings. The van der Waals surface area contributed by atoms with Crippen LogP contribution in [0.2, 0.25) is 0 Å². The highest BCUT2D eigenvalue weighted by atomic mass is 16.6. The Morgan fingerprint density at radius 3 is 2.55 bits per heavy atom. The van der Waals surface area contributed by atoms with Gasteiger partial charge in [0, 0.05) is 32.2 Å². The van der Waals surface area contributed by atoms with Crippen LogP contribution in [0.25, 0.3) is 0 Å². The zero-order valence-corrected chi connectivity index (χ0v) is 11.2. The molecule has 1 aromatic heterocycles. The third-order valence-electron chi connectivity index (χ3n) is 3.30. The van der Waals surface area contributed by atoms with E-state index >= 15 is 0 Å². The van der Waals surface area contributed by atoms with Crippen molar-refractivity contribution in [2.75, 3.05) is 37.6 Å². The van der Waals surface area contributed by atoms with Gasteiger partial charge in [-0.25, -0.2) is 4.98 Å². The number of aliphatic carboxylic acids is 1. The average molecular weight is 280 g/mol. The van der Waals surface area contributed by atoms with E-state index in [4.69, 9.17) is 5.11 Å². The van der Waals surface area contributed by atoms with E-state index in [1.807, 2.05) is 9.80 Å². The molecule has 0 atom stereocenters. The molecule has 108 valence electrons. The summed E-state index contributed by atoms with van der Waals surface area (Å²) >= 11 is 0. The van der Waals surface area contributed by atoms with Crippen LogP contribution >= 0.6 is 0 Å². The Hall–Kier alpha value is -2.22. The van der Waals surface area contributed by atoms with Gasteiger partial charge in [-0.15, -0.1) is 0 Å². The molecule has 0 aromatic carbocycles. The van der Waals surface area contributed by atoms with Gasteiger partial charge in [0.15, 0.2) is 0 Å². The number of aromatic nitrogens is 1. The number of nitrogens with zero attached hydrogens (tertiary/aromatic N) is 4. The van der Waals surface area contributed by atoms with E-state index < -0.39 is 10.9 Å². The zero-order valence-electron chi connectivity index (χ0n) is 11.2. The molecule has 1 aliphatic heterocycles. The standard InChI is InChI=1S/C12H16N4O4/c1-9-10(16(19)20)2-3-11(13-9)15-6-4-14(5-7-15)8-12(17)18/h2-3H,4-8H2,1H3,(H,17,18). The molecule has 1 N–H and O–H groups in total. The van der Waals surface area contributed by atoms with Crippen molar-refractivity contribution in [3.8, 4) is 0 Å². The van der Waals surface area contributed by atoms with E-state index in [0.717, 1.165) is 0 Å². The van der Waals surface area contributed by atoms with Crippen LogP contribution in [0, 0.1) is 17.0 Å². The number of carboxylic acids is 1. The fourth-order valence-corrected chi connectivity index (χ4v) is 2.24. The number of carboxylic acid groups (broad SMARTS) is 1. The van der Waals surface area contributed by atoms with Gasteiger partial charge in [0.25, 0.3) is 5.69 Å². The van der Waals surface area contributed by atoms with E-state index in [-0.39, 0.29) is 12.2 Å². The van der Waals surface area contributed by atoms with Crippen molar-refractivity contribution < 1.29 is 14.8 Å². The van der Waals surface area contributed by atoms with Gasteiger partial charge in [0.1, 0.15) is 11.5 Å². The molecular weight excluding hydrogens is 264 g/mol. The van der Waals surface area contributed by atoms with E-state index in [0.29, 0.717) is 37.7 Å². The lowest BCUT2D eigenvalue weighted by Crippen LogP contribution is -2.48. The Kier molecular flexibility index (Phi) is 4.14. The Balaban J connectivity index is 2.02. The summed E-state index contributed by atoms with van der Waals surface area (Å²) in [6.07, 6.45) is 0. The van der Waals surface area contributed by atoms with Crippen molar-refractivity contribution in [2.24, 2.45) is 0 Å². The lowest BCUT2D eigenvalue weighted by molar-refractivity contribution is -0.385. The molecule has 1 aromatic rings. The molecule has 2 rings (SSSR count). The van der Waals surface area contributed by atoms with E-state index in [1.165, 1.54) is 6.07 Å². The molecule has 0 bridgehead atoms. The van der Waals surface area contributed by atoms with Gasteiger partial charge in [0.2, 0.25) is 0 Å². The summed E-state index contributed by atoms with van der Waals surface area (Å²) in [5, 5.41) is 19.5. The lowest BCUT2D eigenvalue weighted by Gasteiger charge is -2.34. The highest BCUT2D eigenvalue weighted by Crippen LogP contribution is 2.21. The summed E-state index contributed by atoms with van der Waals surface area (Å²) < 4.78 is 0. The Morgan fingerprint density at radius 1 is 1.40 bits per heavy atom. The van der Waals surface area contributed by atoms with Gasteiger partial charge in [-0.3, -0.25) is 19.8 Å².